The van der Waals surface area contributed by atoms with Gasteiger partial charge in [-0.25, -0.2) is 0 Å². The number of carbonyl (C=O) groups is 2. The Kier molecular flexibility index (Phi) is 2.68. The molecule has 1 N–H and O–H groups in total. The van der Waals surface area contributed by atoms with Gasteiger partial charge in [0.1, 0.15) is 0 Å². The van der Waals surface area contributed by atoms with Crippen LogP contribution in [0.4, 0.5) is 0 Å². The number of hydrogen-bond acceptors (Lipinski definition) is 2. The van der Waals surface area contributed by atoms with Gasteiger partial charge in [-0.2, -0.15) is 0 Å². The average molecular weight is 213 g/mol. The first-order valence-electron chi connectivity index (χ1n) is 4.96. The van der Waals surface area contributed by atoms with Crippen LogP contribution in [0.5, 0.6) is 0 Å². The number of aldehydes is 1. The third kappa shape index (κ3) is 1.93. The predicted octanol–water partition coefficient (Wildman–Crippen LogP) is 2.37. The van der Waals surface area contributed by atoms with Gasteiger partial charge in [0.25, 0.3) is 0 Å². The Labute approximate surface area is 93.1 Å². The fourth-order valence-electron chi connectivity index (χ4n) is 1.55. The molecular formula is C13H11NO2. The van der Waals surface area contributed by atoms with Gasteiger partial charge in [0.2, 0.25) is 5.78 Å². The standard InChI is InChI=1S/C13H11NO2/c1-9-3-2-4-10(7-9)13(16)12-6-5-11(8-15)14-12/h2-8,14H,1H3. The molecule has 0 aliphatic heterocycles. The van der Waals surface area contributed by atoms with E-state index in [1.54, 1.807) is 18.2 Å². The zero-order chi connectivity index (χ0) is 11.5. The van der Waals surface area contributed by atoms with E-state index in [1.807, 2.05) is 25.1 Å². The molecule has 1 aromatic heterocycles. The maximum atomic E-state index is 12.0. The lowest BCUT2D eigenvalue weighted by atomic mass is 10.1. The largest absolute Gasteiger partial charge is 0.350 e. The van der Waals surface area contributed by atoms with Crippen molar-refractivity contribution in [2.45, 2.75) is 6.92 Å². The number of aromatic nitrogens is 1. The van der Waals surface area contributed by atoms with Crippen molar-refractivity contribution in [1.82, 2.24) is 4.98 Å². The SMILES string of the molecule is Cc1cccc(C(=O)c2ccc(C=O)[nH]2)c1. The molecule has 0 spiro atoms. The number of benzene rings is 1. The number of H-pyrrole nitrogens is 1. The quantitative estimate of drug-likeness (QED) is 0.628. The molecule has 3 heteroatoms. The summed E-state index contributed by atoms with van der Waals surface area (Å²) in [6.45, 7) is 1.93. The van der Waals surface area contributed by atoms with Crippen LogP contribution in [-0.4, -0.2) is 17.1 Å². The fraction of sp³-hybridized carbons (Fsp3) is 0.0769. The lowest BCUT2D eigenvalue weighted by Crippen LogP contribution is -2.02. The molecule has 1 heterocycles. The van der Waals surface area contributed by atoms with E-state index in [1.165, 1.54) is 0 Å². The van der Waals surface area contributed by atoms with Crippen molar-refractivity contribution in [2.75, 3.05) is 0 Å². The smallest absolute Gasteiger partial charge is 0.209 e. The molecule has 0 saturated carbocycles. The van der Waals surface area contributed by atoms with Gasteiger partial charge in [0.15, 0.2) is 6.29 Å². The van der Waals surface area contributed by atoms with Crippen molar-refractivity contribution in [3.63, 3.8) is 0 Å². The van der Waals surface area contributed by atoms with E-state index in [-0.39, 0.29) is 5.78 Å². The maximum Gasteiger partial charge on any atom is 0.209 e. The molecule has 16 heavy (non-hydrogen) atoms. The highest BCUT2D eigenvalue weighted by molar-refractivity contribution is 6.08. The monoisotopic (exact) mass is 213 g/mol. The second-order valence-corrected chi connectivity index (χ2v) is 3.64. The zero-order valence-electron chi connectivity index (χ0n) is 8.86. The van der Waals surface area contributed by atoms with E-state index < -0.39 is 0 Å². The van der Waals surface area contributed by atoms with Crippen LogP contribution < -0.4 is 0 Å². The number of carbonyl (C=O) groups excluding carboxylic acids is 2. The molecule has 0 aliphatic carbocycles. The van der Waals surface area contributed by atoms with Crippen molar-refractivity contribution < 1.29 is 9.59 Å². The minimum absolute atomic E-state index is 0.100. The first-order valence-corrected chi connectivity index (χ1v) is 4.96. The van der Waals surface area contributed by atoms with Gasteiger partial charge in [0, 0.05) is 5.56 Å². The van der Waals surface area contributed by atoms with Crippen molar-refractivity contribution >= 4 is 12.1 Å². The van der Waals surface area contributed by atoms with E-state index >= 15 is 0 Å². The molecule has 1 aromatic carbocycles. The molecule has 0 fully saturated rings. The number of hydrogen-bond donors (Lipinski definition) is 1. The normalized spacial score (nSPS) is 10.1. The van der Waals surface area contributed by atoms with Crippen LogP contribution in [0.2, 0.25) is 0 Å². The Balaban J connectivity index is 2.35. The van der Waals surface area contributed by atoms with Crippen molar-refractivity contribution in [3.05, 3.63) is 58.9 Å². The Morgan fingerprint density at radius 3 is 2.69 bits per heavy atom. The predicted molar refractivity (Wildman–Crippen MR) is 60.8 cm³/mol. The molecule has 0 bridgehead atoms. The molecular weight excluding hydrogens is 202 g/mol. The summed E-state index contributed by atoms with van der Waals surface area (Å²) in [5.41, 5.74) is 2.51. The summed E-state index contributed by atoms with van der Waals surface area (Å²) in [6, 6.07) is 10.6. The topological polar surface area (TPSA) is 49.9 Å². The van der Waals surface area contributed by atoms with Crippen LogP contribution in [0.1, 0.15) is 32.1 Å². The summed E-state index contributed by atoms with van der Waals surface area (Å²) in [7, 11) is 0. The van der Waals surface area contributed by atoms with E-state index in [0.717, 1.165) is 5.56 Å². The lowest BCUT2D eigenvalue weighted by molar-refractivity contribution is 0.103. The molecule has 0 atom stereocenters. The van der Waals surface area contributed by atoms with Crippen LogP contribution >= 0.6 is 0 Å². The minimum Gasteiger partial charge on any atom is -0.350 e. The van der Waals surface area contributed by atoms with Gasteiger partial charge in [-0.15, -0.1) is 0 Å². The summed E-state index contributed by atoms with van der Waals surface area (Å²) in [4.78, 5) is 25.2. The number of rotatable bonds is 3. The first kappa shape index (κ1) is 10.4. The second kappa shape index (κ2) is 4.14. The summed E-state index contributed by atoms with van der Waals surface area (Å²) in [5, 5.41) is 0. The molecule has 0 amide bonds. The van der Waals surface area contributed by atoms with Crippen molar-refractivity contribution in [3.8, 4) is 0 Å². The van der Waals surface area contributed by atoms with Gasteiger partial charge in [0.05, 0.1) is 11.4 Å². The molecule has 2 aromatic rings. The fourth-order valence-corrected chi connectivity index (χ4v) is 1.55. The molecule has 0 unspecified atom stereocenters. The van der Waals surface area contributed by atoms with Gasteiger partial charge >= 0.3 is 0 Å². The Morgan fingerprint density at radius 1 is 1.25 bits per heavy atom. The third-order valence-corrected chi connectivity index (χ3v) is 2.36. The molecule has 80 valence electrons. The summed E-state index contributed by atoms with van der Waals surface area (Å²) < 4.78 is 0. The lowest BCUT2D eigenvalue weighted by Gasteiger charge is -1.99. The molecule has 0 saturated heterocycles. The summed E-state index contributed by atoms with van der Waals surface area (Å²) in [5.74, 6) is -0.100. The highest BCUT2D eigenvalue weighted by Crippen LogP contribution is 2.10. The van der Waals surface area contributed by atoms with Crippen molar-refractivity contribution in [2.24, 2.45) is 0 Å². The highest BCUT2D eigenvalue weighted by atomic mass is 16.1. The van der Waals surface area contributed by atoms with E-state index in [0.29, 0.717) is 23.2 Å². The van der Waals surface area contributed by atoms with Gasteiger partial charge in [-0.1, -0.05) is 23.8 Å². The third-order valence-electron chi connectivity index (χ3n) is 2.36. The van der Waals surface area contributed by atoms with Gasteiger partial charge in [-0.3, -0.25) is 9.59 Å². The summed E-state index contributed by atoms with van der Waals surface area (Å²) >= 11 is 0. The van der Waals surface area contributed by atoms with Gasteiger partial charge < -0.3 is 4.98 Å². The number of ketones is 1. The molecule has 0 aliphatic rings. The van der Waals surface area contributed by atoms with Crippen LogP contribution in [-0.2, 0) is 0 Å². The van der Waals surface area contributed by atoms with Crippen LogP contribution in [0, 0.1) is 6.92 Å². The Hall–Kier alpha value is -2.16. The van der Waals surface area contributed by atoms with E-state index in [9.17, 15) is 9.59 Å². The van der Waals surface area contributed by atoms with Crippen LogP contribution in [0.15, 0.2) is 36.4 Å². The molecule has 3 nitrogen and oxygen atoms in total. The van der Waals surface area contributed by atoms with E-state index in [2.05, 4.69) is 4.98 Å². The summed E-state index contributed by atoms with van der Waals surface area (Å²) in [6.07, 6.45) is 0.688. The average Bonchev–Trinajstić information content (AvgIpc) is 2.76. The van der Waals surface area contributed by atoms with Crippen molar-refractivity contribution in [1.29, 1.82) is 0 Å². The maximum absolute atomic E-state index is 12.0. The molecule has 2 rings (SSSR count). The second-order valence-electron chi connectivity index (χ2n) is 3.64. The minimum atomic E-state index is -0.100. The number of aromatic amines is 1. The molecule has 0 radical (unpaired) electrons. The van der Waals surface area contributed by atoms with E-state index in [4.69, 9.17) is 0 Å². The first-order chi connectivity index (χ1) is 7.70. The number of nitrogens with one attached hydrogen (secondary N) is 1. The number of aryl methyl sites for hydroxylation is 1. The Morgan fingerprint density at radius 2 is 2.06 bits per heavy atom. The Bertz CT molecular complexity index is 540. The highest BCUT2D eigenvalue weighted by Gasteiger charge is 2.10. The van der Waals surface area contributed by atoms with Gasteiger partial charge in [-0.05, 0) is 25.1 Å². The van der Waals surface area contributed by atoms with Crippen LogP contribution in [0.3, 0.4) is 0 Å². The van der Waals surface area contributed by atoms with Crippen LogP contribution in [0.25, 0.3) is 0 Å². The zero-order valence-corrected chi connectivity index (χ0v) is 8.86.